The third-order valence-corrected chi connectivity index (χ3v) is 3.40. The fraction of sp³-hybridized carbons (Fsp3) is 1.00. The summed E-state index contributed by atoms with van der Waals surface area (Å²) in [4.78, 5) is 0. The zero-order valence-corrected chi connectivity index (χ0v) is 11.0. The van der Waals surface area contributed by atoms with Crippen LogP contribution in [0.5, 0.6) is 0 Å². The summed E-state index contributed by atoms with van der Waals surface area (Å²) in [5.74, 6) is 0.733. The highest BCUT2D eigenvalue weighted by Crippen LogP contribution is 2.27. The van der Waals surface area contributed by atoms with E-state index < -0.39 is 0 Å². The second-order valence-corrected chi connectivity index (χ2v) is 4.71. The highest BCUT2D eigenvalue weighted by Gasteiger charge is 2.21. The molecule has 102 valence electrons. The summed E-state index contributed by atoms with van der Waals surface area (Å²) in [5.41, 5.74) is 6.13. The molecular formula is C13H27NO3. The van der Waals surface area contributed by atoms with Crippen LogP contribution in [0.25, 0.3) is 0 Å². The molecule has 1 saturated carbocycles. The molecular weight excluding hydrogens is 218 g/mol. The lowest BCUT2D eigenvalue weighted by Gasteiger charge is -2.18. The molecule has 0 aromatic heterocycles. The molecule has 0 heterocycles. The summed E-state index contributed by atoms with van der Waals surface area (Å²) in [6, 6.07) is 0.326. The van der Waals surface area contributed by atoms with Crippen LogP contribution in [0, 0.1) is 5.92 Å². The summed E-state index contributed by atoms with van der Waals surface area (Å²) in [6.07, 6.45) is 6.30. The van der Waals surface area contributed by atoms with Crippen molar-refractivity contribution >= 4 is 0 Å². The predicted molar refractivity (Wildman–Crippen MR) is 68.1 cm³/mol. The highest BCUT2D eigenvalue weighted by atomic mass is 16.5. The molecule has 0 radical (unpaired) electrons. The minimum Gasteiger partial charge on any atom is -0.382 e. The number of rotatable bonds is 10. The van der Waals surface area contributed by atoms with Crippen molar-refractivity contribution in [1.82, 2.24) is 0 Å². The van der Waals surface area contributed by atoms with E-state index in [0.717, 1.165) is 18.9 Å². The molecule has 0 amide bonds. The van der Waals surface area contributed by atoms with Crippen LogP contribution in [0.2, 0.25) is 0 Å². The summed E-state index contributed by atoms with van der Waals surface area (Å²) in [7, 11) is 1.67. The van der Waals surface area contributed by atoms with E-state index >= 15 is 0 Å². The fourth-order valence-corrected chi connectivity index (χ4v) is 2.30. The molecule has 1 atom stereocenters. The molecule has 2 N–H and O–H groups in total. The Morgan fingerprint density at radius 2 is 1.59 bits per heavy atom. The van der Waals surface area contributed by atoms with Gasteiger partial charge < -0.3 is 19.9 Å². The third kappa shape index (κ3) is 6.99. The van der Waals surface area contributed by atoms with Crippen LogP contribution in [0.1, 0.15) is 32.1 Å². The lowest BCUT2D eigenvalue weighted by molar-refractivity contribution is 0.0225. The minimum atomic E-state index is 0.326. The summed E-state index contributed by atoms with van der Waals surface area (Å²) in [5, 5.41) is 0. The first-order valence-electron chi connectivity index (χ1n) is 6.74. The van der Waals surface area contributed by atoms with Crippen LogP contribution in [0.4, 0.5) is 0 Å². The molecule has 17 heavy (non-hydrogen) atoms. The van der Waals surface area contributed by atoms with E-state index in [-0.39, 0.29) is 0 Å². The molecule has 1 aliphatic rings. The predicted octanol–water partition coefficient (Wildman–Crippen LogP) is 1.57. The van der Waals surface area contributed by atoms with Crippen molar-refractivity contribution in [3.8, 4) is 0 Å². The quantitative estimate of drug-likeness (QED) is 0.594. The van der Waals surface area contributed by atoms with Crippen LogP contribution < -0.4 is 5.73 Å². The topological polar surface area (TPSA) is 53.7 Å². The van der Waals surface area contributed by atoms with Gasteiger partial charge in [-0.05, 0) is 25.2 Å². The van der Waals surface area contributed by atoms with Crippen molar-refractivity contribution in [2.24, 2.45) is 11.7 Å². The van der Waals surface area contributed by atoms with E-state index in [1.54, 1.807) is 7.11 Å². The van der Waals surface area contributed by atoms with Gasteiger partial charge in [-0.1, -0.05) is 12.8 Å². The SMILES string of the molecule is COCCOCCOCCC(N)C1CCCC1. The molecule has 1 aliphatic carbocycles. The Bertz CT molecular complexity index is 172. The van der Waals surface area contributed by atoms with Crippen LogP contribution in [0.15, 0.2) is 0 Å². The van der Waals surface area contributed by atoms with Gasteiger partial charge in [-0.3, -0.25) is 0 Å². The largest absolute Gasteiger partial charge is 0.382 e. The maximum atomic E-state index is 6.13. The number of ether oxygens (including phenoxy) is 3. The van der Waals surface area contributed by atoms with E-state index in [1.165, 1.54) is 25.7 Å². The van der Waals surface area contributed by atoms with Crippen molar-refractivity contribution in [1.29, 1.82) is 0 Å². The van der Waals surface area contributed by atoms with E-state index in [0.29, 0.717) is 32.5 Å². The summed E-state index contributed by atoms with van der Waals surface area (Å²) >= 11 is 0. The first-order valence-corrected chi connectivity index (χ1v) is 6.74. The molecule has 0 spiro atoms. The molecule has 0 saturated heterocycles. The van der Waals surface area contributed by atoms with Gasteiger partial charge in [-0.25, -0.2) is 0 Å². The van der Waals surface area contributed by atoms with Crippen LogP contribution >= 0.6 is 0 Å². The minimum absolute atomic E-state index is 0.326. The first-order chi connectivity index (χ1) is 8.34. The van der Waals surface area contributed by atoms with Gasteiger partial charge in [0.2, 0.25) is 0 Å². The van der Waals surface area contributed by atoms with E-state index in [1.807, 2.05) is 0 Å². The number of methoxy groups -OCH3 is 1. The van der Waals surface area contributed by atoms with Gasteiger partial charge in [0, 0.05) is 19.8 Å². The van der Waals surface area contributed by atoms with Crippen LogP contribution in [-0.2, 0) is 14.2 Å². The number of hydrogen-bond acceptors (Lipinski definition) is 4. The highest BCUT2D eigenvalue weighted by molar-refractivity contribution is 4.77. The Morgan fingerprint density at radius 3 is 2.24 bits per heavy atom. The number of hydrogen-bond donors (Lipinski definition) is 1. The van der Waals surface area contributed by atoms with E-state index in [9.17, 15) is 0 Å². The van der Waals surface area contributed by atoms with E-state index in [2.05, 4.69) is 0 Å². The summed E-state index contributed by atoms with van der Waals surface area (Å²) in [6.45, 7) is 3.34. The molecule has 0 bridgehead atoms. The molecule has 4 nitrogen and oxygen atoms in total. The second kappa shape index (κ2) is 9.83. The maximum absolute atomic E-state index is 6.13. The Hall–Kier alpha value is -0.160. The molecule has 1 unspecified atom stereocenters. The fourth-order valence-electron chi connectivity index (χ4n) is 2.30. The van der Waals surface area contributed by atoms with Crippen molar-refractivity contribution in [2.45, 2.75) is 38.1 Å². The molecule has 0 aromatic carbocycles. The lowest BCUT2D eigenvalue weighted by Crippen LogP contribution is -2.29. The zero-order chi connectivity index (χ0) is 12.3. The van der Waals surface area contributed by atoms with Crippen molar-refractivity contribution in [3.63, 3.8) is 0 Å². The number of nitrogens with two attached hydrogens (primary N) is 1. The maximum Gasteiger partial charge on any atom is 0.0701 e. The van der Waals surface area contributed by atoms with Gasteiger partial charge in [0.15, 0.2) is 0 Å². The lowest BCUT2D eigenvalue weighted by atomic mass is 9.97. The smallest absolute Gasteiger partial charge is 0.0701 e. The van der Waals surface area contributed by atoms with Gasteiger partial charge in [0.1, 0.15) is 0 Å². The molecule has 0 aromatic rings. The monoisotopic (exact) mass is 245 g/mol. The van der Waals surface area contributed by atoms with Gasteiger partial charge >= 0.3 is 0 Å². The molecule has 4 heteroatoms. The normalized spacial score (nSPS) is 18.7. The average molecular weight is 245 g/mol. The Labute approximate surface area is 105 Å². The molecule has 1 rings (SSSR count). The average Bonchev–Trinajstić information content (AvgIpc) is 2.86. The van der Waals surface area contributed by atoms with Crippen molar-refractivity contribution in [3.05, 3.63) is 0 Å². The Morgan fingerprint density at radius 1 is 1.00 bits per heavy atom. The van der Waals surface area contributed by atoms with Gasteiger partial charge in [0.25, 0.3) is 0 Å². The first kappa shape index (κ1) is 14.9. The van der Waals surface area contributed by atoms with Crippen molar-refractivity contribution < 1.29 is 14.2 Å². The Kier molecular flexibility index (Phi) is 8.61. The van der Waals surface area contributed by atoms with Gasteiger partial charge in [-0.2, -0.15) is 0 Å². The second-order valence-electron chi connectivity index (χ2n) is 4.71. The standard InChI is InChI=1S/C13H27NO3/c1-15-8-9-17-11-10-16-7-6-13(14)12-4-2-3-5-12/h12-13H,2-11,14H2,1H3. The zero-order valence-electron chi connectivity index (χ0n) is 11.0. The third-order valence-electron chi connectivity index (χ3n) is 3.40. The van der Waals surface area contributed by atoms with Gasteiger partial charge in [0.05, 0.1) is 26.4 Å². The van der Waals surface area contributed by atoms with E-state index in [4.69, 9.17) is 19.9 Å². The molecule has 1 fully saturated rings. The summed E-state index contributed by atoms with van der Waals surface area (Å²) < 4.78 is 15.7. The Balaban J connectivity index is 1.83. The molecule has 0 aliphatic heterocycles. The van der Waals surface area contributed by atoms with Crippen LogP contribution in [0.3, 0.4) is 0 Å². The van der Waals surface area contributed by atoms with Crippen LogP contribution in [-0.4, -0.2) is 46.2 Å². The van der Waals surface area contributed by atoms with Crippen molar-refractivity contribution in [2.75, 3.05) is 40.1 Å². The van der Waals surface area contributed by atoms with Gasteiger partial charge in [-0.15, -0.1) is 0 Å².